The Morgan fingerprint density at radius 1 is 1.50 bits per heavy atom. The molecule has 0 spiro atoms. The van der Waals surface area contributed by atoms with Crippen molar-refractivity contribution in [1.29, 1.82) is 0 Å². The molecule has 0 aliphatic rings. The Morgan fingerprint density at radius 3 is 2.86 bits per heavy atom. The number of carbonyl (C=O) groups is 1. The Morgan fingerprint density at radius 2 is 2.21 bits per heavy atom. The molecule has 0 aliphatic carbocycles. The molecule has 14 heavy (non-hydrogen) atoms. The van der Waals surface area contributed by atoms with Crippen molar-refractivity contribution in [3.63, 3.8) is 0 Å². The Kier molecular flexibility index (Phi) is 4.26. The van der Waals surface area contributed by atoms with E-state index in [1.165, 1.54) is 0 Å². The van der Waals surface area contributed by atoms with Gasteiger partial charge < -0.3 is 5.11 Å². The van der Waals surface area contributed by atoms with Gasteiger partial charge in [-0.3, -0.25) is 4.79 Å². The Hall–Kier alpha value is -1.22. The standard InChI is InChI=1S/C11H12O2S/c1-14-10-7-3-2-5-9(10)6-4-8-11(12)13/h2-7H,8H2,1H3,(H,12,13). The van der Waals surface area contributed by atoms with Crippen LogP contribution in [-0.4, -0.2) is 17.3 Å². The molecule has 0 unspecified atom stereocenters. The first kappa shape index (κ1) is 10.9. The van der Waals surface area contributed by atoms with Gasteiger partial charge in [0, 0.05) is 4.90 Å². The molecule has 2 nitrogen and oxygen atoms in total. The van der Waals surface area contributed by atoms with Crippen LogP contribution in [0.3, 0.4) is 0 Å². The van der Waals surface area contributed by atoms with E-state index >= 15 is 0 Å². The van der Waals surface area contributed by atoms with Crippen molar-refractivity contribution in [2.45, 2.75) is 11.3 Å². The molecule has 1 aromatic rings. The van der Waals surface area contributed by atoms with Crippen molar-refractivity contribution >= 4 is 23.8 Å². The molecule has 0 saturated carbocycles. The van der Waals surface area contributed by atoms with E-state index in [-0.39, 0.29) is 6.42 Å². The highest BCUT2D eigenvalue weighted by Gasteiger charge is 1.96. The number of thioether (sulfide) groups is 1. The van der Waals surface area contributed by atoms with Gasteiger partial charge in [0.05, 0.1) is 6.42 Å². The van der Waals surface area contributed by atoms with Gasteiger partial charge in [0.1, 0.15) is 0 Å². The van der Waals surface area contributed by atoms with Gasteiger partial charge in [-0.05, 0) is 17.9 Å². The van der Waals surface area contributed by atoms with Gasteiger partial charge in [0.15, 0.2) is 0 Å². The Balaban J connectivity index is 2.75. The molecule has 1 aromatic carbocycles. The van der Waals surface area contributed by atoms with Crippen LogP contribution in [-0.2, 0) is 4.79 Å². The largest absolute Gasteiger partial charge is 0.481 e. The lowest BCUT2D eigenvalue weighted by molar-refractivity contribution is -0.135. The molecule has 0 atom stereocenters. The summed E-state index contributed by atoms with van der Waals surface area (Å²) in [5.74, 6) is -0.803. The molecule has 1 rings (SSSR count). The van der Waals surface area contributed by atoms with E-state index in [9.17, 15) is 4.79 Å². The van der Waals surface area contributed by atoms with Crippen molar-refractivity contribution < 1.29 is 9.90 Å². The van der Waals surface area contributed by atoms with E-state index < -0.39 is 5.97 Å². The fourth-order valence-corrected chi connectivity index (χ4v) is 1.68. The summed E-state index contributed by atoms with van der Waals surface area (Å²) in [5.41, 5.74) is 1.07. The predicted molar refractivity (Wildman–Crippen MR) is 59.5 cm³/mol. The summed E-state index contributed by atoms with van der Waals surface area (Å²) in [6.45, 7) is 0. The number of benzene rings is 1. The maximum atomic E-state index is 10.3. The van der Waals surface area contributed by atoms with E-state index in [1.807, 2.05) is 36.6 Å². The van der Waals surface area contributed by atoms with Crippen molar-refractivity contribution in [3.05, 3.63) is 35.9 Å². The number of rotatable bonds is 4. The molecular formula is C11H12O2S. The second-order valence-corrected chi connectivity index (χ2v) is 3.59. The van der Waals surface area contributed by atoms with Crippen molar-refractivity contribution in [2.75, 3.05) is 6.26 Å². The fourth-order valence-electron chi connectivity index (χ4n) is 1.09. The number of aliphatic carboxylic acids is 1. The lowest BCUT2D eigenvalue weighted by atomic mass is 10.2. The zero-order chi connectivity index (χ0) is 10.4. The van der Waals surface area contributed by atoms with Gasteiger partial charge in [-0.1, -0.05) is 30.4 Å². The van der Waals surface area contributed by atoms with Crippen LogP contribution in [0, 0.1) is 0 Å². The Labute approximate surface area is 87.6 Å². The van der Waals surface area contributed by atoms with Crippen LogP contribution in [0.25, 0.3) is 6.08 Å². The lowest BCUT2D eigenvalue weighted by Gasteiger charge is -2.00. The first-order valence-corrected chi connectivity index (χ1v) is 5.48. The summed E-state index contributed by atoms with van der Waals surface area (Å²) in [4.78, 5) is 11.4. The highest BCUT2D eigenvalue weighted by molar-refractivity contribution is 7.98. The van der Waals surface area contributed by atoms with E-state index in [4.69, 9.17) is 5.11 Å². The van der Waals surface area contributed by atoms with Gasteiger partial charge in [0.25, 0.3) is 0 Å². The number of hydrogen-bond donors (Lipinski definition) is 1. The molecule has 1 N–H and O–H groups in total. The topological polar surface area (TPSA) is 37.3 Å². The molecule has 0 heterocycles. The van der Waals surface area contributed by atoms with Crippen LogP contribution in [0.15, 0.2) is 35.2 Å². The third-order valence-electron chi connectivity index (χ3n) is 1.73. The molecule has 0 fully saturated rings. The Bertz CT molecular complexity index is 345. The second-order valence-electron chi connectivity index (χ2n) is 2.74. The van der Waals surface area contributed by atoms with E-state index in [2.05, 4.69) is 0 Å². The molecule has 0 radical (unpaired) electrons. The number of carboxylic acid groups (broad SMARTS) is 1. The van der Waals surface area contributed by atoms with Crippen molar-refractivity contribution in [2.24, 2.45) is 0 Å². The van der Waals surface area contributed by atoms with Gasteiger partial charge >= 0.3 is 5.97 Å². The number of carboxylic acids is 1. The average molecular weight is 208 g/mol. The summed E-state index contributed by atoms with van der Waals surface area (Å²) < 4.78 is 0. The highest BCUT2D eigenvalue weighted by atomic mass is 32.2. The second kappa shape index (κ2) is 5.50. The monoisotopic (exact) mass is 208 g/mol. The third-order valence-corrected chi connectivity index (χ3v) is 2.54. The zero-order valence-electron chi connectivity index (χ0n) is 7.93. The minimum Gasteiger partial charge on any atom is -0.481 e. The quantitative estimate of drug-likeness (QED) is 0.773. The maximum Gasteiger partial charge on any atom is 0.307 e. The number of hydrogen-bond acceptors (Lipinski definition) is 2. The van der Waals surface area contributed by atoms with E-state index in [1.54, 1.807) is 17.8 Å². The van der Waals surface area contributed by atoms with Gasteiger partial charge in [-0.2, -0.15) is 0 Å². The first-order valence-electron chi connectivity index (χ1n) is 4.25. The molecule has 0 bridgehead atoms. The summed E-state index contributed by atoms with van der Waals surface area (Å²) >= 11 is 1.66. The maximum absolute atomic E-state index is 10.3. The van der Waals surface area contributed by atoms with Crippen LogP contribution in [0.2, 0.25) is 0 Å². The summed E-state index contributed by atoms with van der Waals surface area (Å²) in [5, 5.41) is 8.46. The lowest BCUT2D eigenvalue weighted by Crippen LogP contribution is -1.89. The zero-order valence-corrected chi connectivity index (χ0v) is 8.75. The molecular weight excluding hydrogens is 196 g/mol. The van der Waals surface area contributed by atoms with E-state index in [0.29, 0.717) is 0 Å². The van der Waals surface area contributed by atoms with Crippen molar-refractivity contribution in [1.82, 2.24) is 0 Å². The normalized spacial score (nSPS) is 10.6. The third kappa shape index (κ3) is 3.26. The minimum absolute atomic E-state index is 0.0721. The van der Waals surface area contributed by atoms with Crippen LogP contribution >= 0.6 is 11.8 Å². The van der Waals surface area contributed by atoms with Gasteiger partial charge in [-0.15, -0.1) is 11.8 Å². The summed E-state index contributed by atoms with van der Waals surface area (Å²) in [6.07, 6.45) is 5.59. The van der Waals surface area contributed by atoms with Gasteiger partial charge in [-0.25, -0.2) is 0 Å². The molecule has 3 heteroatoms. The summed E-state index contributed by atoms with van der Waals surface area (Å²) in [7, 11) is 0. The minimum atomic E-state index is -0.803. The first-order chi connectivity index (χ1) is 6.74. The van der Waals surface area contributed by atoms with E-state index in [0.717, 1.165) is 10.5 Å². The average Bonchev–Trinajstić information content (AvgIpc) is 2.18. The van der Waals surface area contributed by atoms with Crippen LogP contribution in [0.1, 0.15) is 12.0 Å². The smallest absolute Gasteiger partial charge is 0.307 e. The van der Waals surface area contributed by atoms with Crippen molar-refractivity contribution in [3.8, 4) is 0 Å². The van der Waals surface area contributed by atoms with Crippen LogP contribution in [0.5, 0.6) is 0 Å². The molecule has 0 saturated heterocycles. The highest BCUT2D eigenvalue weighted by Crippen LogP contribution is 2.20. The SMILES string of the molecule is CSc1ccccc1C=CCC(=O)O. The fraction of sp³-hybridized carbons (Fsp3) is 0.182. The molecule has 0 amide bonds. The van der Waals surface area contributed by atoms with Gasteiger partial charge in [0.2, 0.25) is 0 Å². The van der Waals surface area contributed by atoms with Crippen LogP contribution in [0.4, 0.5) is 0 Å². The molecule has 0 aromatic heterocycles. The molecule has 0 aliphatic heterocycles. The molecule has 74 valence electrons. The summed E-state index contributed by atoms with van der Waals surface area (Å²) in [6, 6.07) is 7.91. The van der Waals surface area contributed by atoms with Crippen LogP contribution < -0.4 is 0 Å². The predicted octanol–water partition coefficient (Wildman–Crippen LogP) is 2.90.